The highest BCUT2D eigenvalue weighted by atomic mass is 35.5. The number of nitrogens with zero attached hydrogens (tertiary/aromatic N) is 5. The van der Waals surface area contributed by atoms with Gasteiger partial charge in [-0.1, -0.05) is 35.9 Å². The van der Waals surface area contributed by atoms with E-state index in [0.29, 0.717) is 0 Å². The molecule has 3 aromatic rings. The van der Waals surface area contributed by atoms with E-state index in [1.165, 1.54) is 34.2 Å². The van der Waals surface area contributed by atoms with Gasteiger partial charge in [-0.3, -0.25) is 24.2 Å². The van der Waals surface area contributed by atoms with Crippen LogP contribution < -0.4 is 15.1 Å². The second kappa shape index (κ2) is 12.8. The summed E-state index contributed by atoms with van der Waals surface area (Å²) < 4.78 is 27.8. The van der Waals surface area contributed by atoms with E-state index in [9.17, 15) is 33.7 Å². The van der Waals surface area contributed by atoms with Gasteiger partial charge in [0.2, 0.25) is 17.7 Å². The molecular formula is C32H27ClF2N6O3. The van der Waals surface area contributed by atoms with Crippen LogP contribution in [0.3, 0.4) is 0 Å². The predicted octanol–water partition coefficient (Wildman–Crippen LogP) is 5.44. The summed E-state index contributed by atoms with van der Waals surface area (Å²) >= 11 is 6.60. The topological polar surface area (TPSA) is 130 Å². The van der Waals surface area contributed by atoms with Crippen molar-refractivity contribution in [3.05, 3.63) is 88.6 Å². The van der Waals surface area contributed by atoms with Gasteiger partial charge in [0.05, 0.1) is 23.3 Å². The lowest BCUT2D eigenvalue weighted by Gasteiger charge is -2.37. The molecule has 3 amide bonds. The van der Waals surface area contributed by atoms with Gasteiger partial charge in [0, 0.05) is 47.8 Å². The van der Waals surface area contributed by atoms with E-state index in [1.54, 1.807) is 42.5 Å². The van der Waals surface area contributed by atoms with E-state index >= 15 is 0 Å². The Kier molecular flexibility index (Phi) is 8.88. The van der Waals surface area contributed by atoms with Crippen LogP contribution in [0.1, 0.15) is 61.3 Å². The molecule has 1 aromatic heterocycles. The second-order valence-corrected chi connectivity index (χ2v) is 11.2. The number of benzene rings is 2. The Balaban J connectivity index is 1.61. The van der Waals surface area contributed by atoms with Crippen LogP contribution in [0.15, 0.2) is 66.9 Å². The number of carbonyl (C=O) groups is 3. The van der Waals surface area contributed by atoms with Crippen LogP contribution in [0.5, 0.6) is 0 Å². The third kappa shape index (κ3) is 6.38. The Bertz CT molecular complexity index is 1680. The van der Waals surface area contributed by atoms with Crippen molar-refractivity contribution >= 4 is 40.8 Å². The lowest BCUT2D eigenvalue weighted by atomic mass is 9.91. The average Bonchev–Trinajstić information content (AvgIpc) is 3.42. The smallest absolute Gasteiger partial charge is 0.251 e. The van der Waals surface area contributed by atoms with Crippen molar-refractivity contribution in [2.75, 3.05) is 9.80 Å². The molecule has 2 atom stereocenters. The van der Waals surface area contributed by atoms with E-state index in [2.05, 4.69) is 10.3 Å². The Morgan fingerprint density at radius 2 is 1.73 bits per heavy atom. The molecular weight excluding hydrogens is 590 g/mol. The van der Waals surface area contributed by atoms with Crippen LogP contribution in [-0.4, -0.2) is 40.7 Å². The molecule has 5 rings (SSSR count). The summed E-state index contributed by atoms with van der Waals surface area (Å²) in [5, 5.41) is 22.1. The molecule has 44 heavy (non-hydrogen) atoms. The molecule has 224 valence electrons. The number of amides is 3. The lowest BCUT2D eigenvalue weighted by Crippen LogP contribution is -2.53. The fourth-order valence-electron chi connectivity index (χ4n) is 5.67. The van der Waals surface area contributed by atoms with Gasteiger partial charge < -0.3 is 5.32 Å². The number of pyridine rings is 1. The first-order chi connectivity index (χ1) is 21.1. The van der Waals surface area contributed by atoms with Crippen LogP contribution in [-0.2, 0) is 14.4 Å². The molecule has 2 heterocycles. The first-order valence-corrected chi connectivity index (χ1v) is 14.4. The molecule has 2 aliphatic rings. The van der Waals surface area contributed by atoms with Crippen LogP contribution in [0.2, 0.25) is 5.02 Å². The van der Waals surface area contributed by atoms with Gasteiger partial charge in [-0.2, -0.15) is 10.5 Å². The maximum absolute atomic E-state index is 14.7. The Morgan fingerprint density at radius 1 is 1.02 bits per heavy atom. The number of nitrogens with one attached hydrogen (secondary N) is 1. The summed E-state index contributed by atoms with van der Waals surface area (Å²) in [7, 11) is 0. The van der Waals surface area contributed by atoms with Crippen LogP contribution in [0, 0.1) is 22.7 Å². The maximum atomic E-state index is 14.7. The van der Waals surface area contributed by atoms with Gasteiger partial charge in [0.25, 0.3) is 5.91 Å². The number of alkyl halides is 2. The Labute approximate surface area is 257 Å². The number of hydrogen-bond acceptors (Lipinski definition) is 6. The van der Waals surface area contributed by atoms with Crippen molar-refractivity contribution < 1.29 is 23.2 Å². The molecule has 1 aliphatic carbocycles. The number of nitriles is 2. The maximum Gasteiger partial charge on any atom is 0.251 e. The van der Waals surface area contributed by atoms with E-state index in [4.69, 9.17) is 11.6 Å². The summed E-state index contributed by atoms with van der Waals surface area (Å²) in [6, 6.07) is 16.4. The molecule has 1 saturated carbocycles. The quantitative estimate of drug-likeness (QED) is 0.376. The lowest BCUT2D eigenvalue weighted by molar-refractivity contribution is -0.128. The molecule has 2 fully saturated rings. The fourth-order valence-corrected chi connectivity index (χ4v) is 5.91. The van der Waals surface area contributed by atoms with E-state index < -0.39 is 41.8 Å². The molecule has 0 radical (unpaired) electrons. The molecule has 1 N–H and O–H groups in total. The van der Waals surface area contributed by atoms with Crippen LogP contribution >= 0.6 is 11.6 Å². The molecule has 0 bridgehead atoms. The third-order valence-corrected chi connectivity index (χ3v) is 8.22. The van der Waals surface area contributed by atoms with E-state index in [-0.39, 0.29) is 71.7 Å². The van der Waals surface area contributed by atoms with Gasteiger partial charge in [-0.15, -0.1) is 0 Å². The highest BCUT2D eigenvalue weighted by molar-refractivity contribution is 6.31. The molecule has 0 spiro atoms. The van der Waals surface area contributed by atoms with E-state index in [1.807, 2.05) is 12.1 Å². The van der Waals surface area contributed by atoms with Crippen molar-refractivity contribution in [2.45, 2.75) is 62.6 Å². The van der Waals surface area contributed by atoms with Gasteiger partial charge in [-0.05, 0) is 55.7 Å². The number of halogens is 3. The first-order valence-electron chi connectivity index (χ1n) is 14.1. The summed E-state index contributed by atoms with van der Waals surface area (Å²) in [5.74, 6) is -4.38. The number of carbonyl (C=O) groups excluding carboxylic acids is 3. The minimum atomic E-state index is -2.81. The van der Waals surface area contributed by atoms with Gasteiger partial charge in [0.1, 0.15) is 17.9 Å². The number of hydrogen-bond donors (Lipinski definition) is 1. The molecule has 2 unspecified atom stereocenters. The van der Waals surface area contributed by atoms with Crippen molar-refractivity contribution in [3.8, 4) is 12.1 Å². The summed E-state index contributed by atoms with van der Waals surface area (Å²) in [4.78, 5) is 48.6. The minimum absolute atomic E-state index is 0.0141. The van der Waals surface area contributed by atoms with Crippen LogP contribution in [0.4, 0.5) is 20.3 Å². The fraction of sp³-hybridized carbons (Fsp3) is 0.312. The Morgan fingerprint density at radius 3 is 2.43 bits per heavy atom. The van der Waals surface area contributed by atoms with Gasteiger partial charge in [-0.25, -0.2) is 13.8 Å². The largest absolute Gasteiger partial charge is 0.351 e. The molecule has 12 heteroatoms. The number of rotatable bonds is 7. The summed E-state index contributed by atoms with van der Waals surface area (Å²) in [5.41, 5.74) is 0.924. The first kappa shape index (κ1) is 30.6. The van der Waals surface area contributed by atoms with Crippen molar-refractivity contribution in [1.29, 1.82) is 10.5 Å². The van der Waals surface area contributed by atoms with Crippen molar-refractivity contribution in [1.82, 2.24) is 10.3 Å². The average molecular weight is 617 g/mol. The monoisotopic (exact) mass is 616 g/mol. The number of aromatic nitrogens is 1. The second-order valence-electron chi connectivity index (χ2n) is 10.8. The molecule has 9 nitrogen and oxygen atoms in total. The third-order valence-electron chi connectivity index (χ3n) is 7.88. The molecule has 1 saturated heterocycles. The van der Waals surface area contributed by atoms with Crippen molar-refractivity contribution in [3.63, 3.8) is 0 Å². The van der Waals surface area contributed by atoms with Crippen molar-refractivity contribution in [2.24, 2.45) is 0 Å². The molecule has 1 aliphatic heterocycles. The zero-order chi connectivity index (χ0) is 31.4. The Hall–Kier alpha value is -4.87. The van der Waals surface area contributed by atoms with Gasteiger partial charge >= 0.3 is 0 Å². The summed E-state index contributed by atoms with van der Waals surface area (Å²) in [6.07, 6.45) is 0.822. The zero-order valence-corrected chi connectivity index (χ0v) is 24.2. The SMILES string of the molecule is N#Cc1cccc(N(C(=O)C2CCC(=O)N2c2cc(C#N)ccn2)C(C(=O)NC2CCC(F)(F)CC2)c2ccccc2Cl)c1. The zero-order valence-electron chi connectivity index (χ0n) is 23.4. The highest BCUT2D eigenvalue weighted by Gasteiger charge is 2.45. The van der Waals surface area contributed by atoms with E-state index in [0.717, 1.165) is 0 Å². The standard InChI is InChI=1S/C32H27ClF2N6O3/c33-25-7-2-1-6-24(25)29(30(43)39-22-10-13-32(34,35)14-11-22)40(23-5-3-4-20(16-23)18-36)31(44)26-8-9-28(42)41(26)27-17-21(19-37)12-15-38-27/h1-7,12,15-17,22,26,29H,8-11,13-14H2,(H,39,43). The predicted molar refractivity (Wildman–Crippen MR) is 158 cm³/mol. The summed E-state index contributed by atoms with van der Waals surface area (Å²) in [6.45, 7) is 0. The highest BCUT2D eigenvalue weighted by Crippen LogP contribution is 2.37. The number of anilines is 2. The van der Waals surface area contributed by atoms with Crippen LogP contribution in [0.25, 0.3) is 0 Å². The van der Waals surface area contributed by atoms with Gasteiger partial charge in [0.15, 0.2) is 0 Å². The minimum Gasteiger partial charge on any atom is -0.351 e. The normalized spacial score (nSPS) is 18.6. The molecule has 2 aromatic carbocycles.